The number of hydrogen-bond donors (Lipinski definition) is 2. The molecular weight excluding hydrogens is 338 g/mol. The molecule has 0 bridgehead atoms. The highest BCUT2D eigenvalue weighted by molar-refractivity contribution is 6.02. The Morgan fingerprint density at radius 2 is 1.85 bits per heavy atom. The van der Waals surface area contributed by atoms with Crippen LogP contribution in [-0.2, 0) is 4.79 Å². The molecule has 0 radical (unpaired) electrons. The number of nitrogens with one attached hydrogen (secondary N) is 1. The summed E-state index contributed by atoms with van der Waals surface area (Å²) in [4.78, 5) is 14.4. The third kappa shape index (κ3) is 5.32. The van der Waals surface area contributed by atoms with Crippen LogP contribution < -0.4 is 10.2 Å². The van der Waals surface area contributed by atoms with Crippen molar-refractivity contribution >= 4 is 28.4 Å². The Labute approximate surface area is 160 Å². The van der Waals surface area contributed by atoms with Crippen LogP contribution in [0.25, 0.3) is 16.8 Å². The van der Waals surface area contributed by atoms with Gasteiger partial charge in [-0.1, -0.05) is 25.1 Å². The minimum Gasteiger partial charge on any atom is -0.391 e. The van der Waals surface area contributed by atoms with Gasteiger partial charge in [0.25, 0.3) is 5.91 Å². The summed E-state index contributed by atoms with van der Waals surface area (Å²) in [6.07, 6.45) is 1.52. The molecule has 0 aliphatic rings. The van der Waals surface area contributed by atoms with Crippen molar-refractivity contribution in [3.8, 4) is 6.07 Å². The highest BCUT2D eigenvalue weighted by atomic mass is 16.3. The number of nitriles is 1. The monoisotopic (exact) mass is 365 g/mol. The zero-order valence-corrected chi connectivity index (χ0v) is 16.2. The van der Waals surface area contributed by atoms with Crippen molar-refractivity contribution in [3.05, 3.63) is 47.5 Å². The Morgan fingerprint density at radius 3 is 2.48 bits per heavy atom. The number of benzene rings is 2. The average Bonchev–Trinajstić information content (AvgIpc) is 2.70. The van der Waals surface area contributed by atoms with Gasteiger partial charge in [-0.15, -0.1) is 0 Å². The zero-order chi connectivity index (χ0) is 19.8. The number of hydrogen-bond acceptors (Lipinski definition) is 4. The second kappa shape index (κ2) is 9.75. The topological polar surface area (TPSA) is 76.4 Å². The van der Waals surface area contributed by atoms with Crippen LogP contribution in [0.3, 0.4) is 0 Å². The molecule has 2 aromatic carbocycles. The number of carbonyl (C=O) groups is 1. The lowest BCUT2D eigenvalue weighted by Crippen LogP contribution is -2.32. The van der Waals surface area contributed by atoms with E-state index in [2.05, 4.69) is 42.3 Å². The fourth-order valence-electron chi connectivity index (χ4n) is 2.89. The summed E-state index contributed by atoms with van der Waals surface area (Å²) < 4.78 is 0. The lowest BCUT2D eigenvalue weighted by Gasteiger charge is -2.21. The maximum Gasteiger partial charge on any atom is 0.262 e. The van der Waals surface area contributed by atoms with Crippen molar-refractivity contribution in [1.82, 2.24) is 5.32 Å². The van der Waals surface area contributed by atoms with E-state index >= 15 is 0 Å². The summed E-state index contributed by atoms with van der Waals surface area (Å²) in [5, 5.41) is 23.6. The zero-order valence-electron chi connectivity index (χ0n) is 16.2. The summed E-state index contributed by atoms with van der Waals surface area (Å²) in [5.74, 6) is -0.470. The quantitative estimate of drug-likeness (QED) is 0.555. The first-order valence-corrected chi connectivity index (χ1v) is 9.39. The van der Waals surface area contributed by atoms with Crippen molar-refractivity contribution in [3.63, 3.8) is 0 Å². The average molecular weight is 365 g/mol. The summed E-state index contributed by atoms with van der Waals surface area (Å²) in [7, 11) is 0. The predicted molar refractivity (Wildman–Crippen MR) is 110 cm³/mol. The number of fused-ring (bicyclic) bond motifs is 1. The molecule has 1 atom stereocenters. The van der Waals surface area contributed by atoms with Gasteiger partial charge in [0.1, 0.15) is 11.6 Å². The number of nitrogens with zero attached hydrogens (tertiary/aromatic N) is 2. The molecule has 27 heavy (non-hydrogen) atoms. The Kier molecular flexibility index (Phi) is 7.39. The smallest absolute Gasteiger partial charge is 0.262 e. The van der Waals surface area contributed by atoms with Crippen molar-refractivity contribution in [1.29, 1.82) is 5.26 Å². The molecule has 2 rings (SSSR count). The van der Waals surface area contributed by atoms with Gasteiger partial charge >= 0.3 is 0 Å². The third-order valence-electron chi connectivity index (χ3n) is 4.62. The number of anilines is 1. The van der Waals surface area contributed by atoms with E-state index in [1.807, 2.05) is 31.2 Å². The van der Waals surface area contributed by atoms with Crippen LogP contribution >= 0.6 is 0 Å². The second-order valence-electron chi connectivity index (χ2n) is 6.41. The van der Waals surface area contributed by atoms with Gasteiger partial charge in [-0.3, -0.25) is 4.79 Å². The van der Waals surface area contributed by atoms with Crippen LogP contribution in [0, 0.1) is 11.3 Å². The maximum absolute atomic E-state index is 12.1. The number of amides is 1. The van der Waals surface area contributed by atoms with E-state index in [1.54, 1.807) is 6.08 Å². The first kappa shape index (κ1) is 20.5. The molecule has 1 amide bonds. The van der Waals surface area contributed by atoms with Gasteiger partial charge in [-0.25, -0.2) is 0 Å². The molecule has 2 aromatic rings. The Hall–Kier alpha value is -2.84. The molecule has 1 unspecified atom stereocenters. The Morgan fingerprint density at radius 1 is 1.19 bits per heavy atom. The molecule has 0 aliphatic carbocycles. The van der Waals surface area contributed by atoms with Crippen molar-refractivity contribution in [2.75, 3.05) is 24.5 Å². The first-order chi connectivity index (χ1) is 13.0. The molecule has 0 fully saturated rings. The van der Waals surface area contributed by atoms with Gasteiger partial charge in [0.2, 0.25) is 0 Å². The minimum absolute atomic E-state index is 0.0254. The fraction of sp³-hybridized carbons (Fsp3) is 0.364. The van der Waals surface area contributed by atoms with Crippen LogP contribution in [0.1, 0.15) is 32.8 Å². The molecule has 0 saturated carbocycles. The van der Waals surface area contributed by atoms with Crippen LogP contribution in [0.2, 0.25) is 0 Å². The third-order valence-corrected chi connectivity index (χ3v) is 4.62. The molecular formula is C22H27N3O2. The van der Waals surface area contributed by atoms with Gasteiger partial charge < -0.3 is 15.3 Å². The summed E-state index contributed by atoms with van der Waals surface area (Å²) >= 11 is 0. The predicted octanol–water partition coefficient (Wildman–Crippen LogP) is 3.48. The molecule has 0 saturated heterocycles. The van der Waals surface area contributed by atoms with Gasteiger partial charge in [-0.2, -0.15) is 5.26 Å². The minimum atomic E-state index is -0.602. The second-order valence-corrected chi connectivity index (χ2v) is 6.41. The molecule has 142 valence electrons. The molecule has 5 heteroatoms. The molecule has 0 spiro atoms. The summed E-state index contributed by atoms with van der Waals surface area (Å²) in [6.45, 7) is 8.15. The number of carbonyl (C=O) groups excluding carboxylic acids is 1. The summed E-state index contributed by atoms with van der Waals surface area (Å²) in [5.41, 5.74) is 2.00. The van der Waals surface area contributed by atoms with Gasteiger partial charge in [0.05, 0.1) is 6.10 Å². The number of rotatable bonds is 8. The highest BCUT2D eigenvalue weighted by Gasteiger charge is 2.11. The molecule has 5 nitrogen and oxygen atoms in total. The first-order valence-electron chi connectivity index (χ1n) is 9.39. The number of aliphatic hydroxyl groups is 1. The number of aliphatic hydroxyl groups excluding tert-OH is 1. The van der Waals surface area contributed by atoms with Gasteiger partial charge in [-0.05, 0) is 60.9 Å². The maximum atomic E-state index is 12.1. The van der Waals surface area contributed by atoms with Gasteiger partial charge in [0.15, 0.2) is 0 Å². The normalized spacial score (nSPS) is 12.5. The van der Waals surface area contributed by atoms with Crippen LogP contribution in [-0.4, -0.2) is 36.8 Å². The van der Waals surface area contributed by atoms with Crippen LogP contribution in [0.15, 0.2) is 42.0 Å². The molecule has 2 N–H and O–H groups in total. The van der Waals surface area contributed by atoms with Crippen molar-refractivity contribution in [2.24, 2.45) is 0 Å². The Bertz CT molecular complexity index is 863. The van der Waals surface area contributed by atoms with E-state index in [4.69, 9.17) is 0 Å². The van der Waals surface area contributed by atoms with E-state index < -0.39 is 12.0 Å². The molecule has 0 aliphatic heterocycles. The lowest BCUT2D eigenvalue weighted by molar-refractivity contribution is -0.117. The lowest BCUT2D eigenvalue weighted by atomic mass is 10.0. The standard InChI is InChI=1S/C22H27N3O2/c1-4-21(26)15-24-22(27)19(14-23)12-16-7-8-18-13-20(25(5-2)6-3)10-9-17(18)11-16/h7-13,21,26H,4-6,15H2,1-3H3,(H,24,27)/b19-12+. The SMILES string of the molecule is CCC(O)CNC(=O)/C(C#N)=C/c1ccc2cc(N(CC)CC)ccc2c1. The van der Waals surface area contributed by atoms with Crippen LogP contribution in [0.5, 0.6) is 0 Å². The van der Waals surface area contributed by atoms with E-state index in [-0.39, 0.29) is 12.1 Å². The highest BCUT2D eigenvalue weighted by Crippen LogP contribution is 2.24. The van der Waals surface area contributed by atoms with E-state index in [0.29, 0.717) is 6.42 Å². The largest absolute Gasteiger partial charge is 0.391 e. The fourth-order valence-corrected chi connectivity index (χ4v) is 2.89. The van der Waals surface area contributed by atoms with Crippen LogP contribution in [0.4, 0.5) is 5.69 Å². The van der Waals surface area contributed by atoms with E-state index in [9.17, 15) is 15.2 Å². The van der Waals surface area contributed by atoms with E-state index in [1.165, 1.54) is 5.69 Å². The van der Waals surface area contributed by atoms with Crippen molar-refractivity contribution < 1.29 is 9.90 Å². The van der Waals surface area contributed by atoms with Crippen molar-refractivity contribution in [2.45, 2.75) is 33.3 Å². The van der Waals surface area contributed by atoms with E-state index in [0.717, 1.165) is 29.4 Å². The van der Waals surface area contributed by atoms with Gasteiger partial charge in [0, 0.05) is 25.3 Å². The summed E-state index contributed by atoms with van der Waals surface area (Å²) in [6, 6.07) is 14.1. The molecule has 0 heterocycles. The Balaban J connectivity index is 2.24. The molecule has 0 aromatic heterocycles.